The summed E-state index contributed by atoms with van der Waals surface area (Å²) in [6, 6.07) is 22.0. The predicted octanol–water partition coefficient (Wildman–Crippen LogP) is 5.99. The van der Waals surface area contributed by atoms with E-state index in [-0.39, 0.29) is 24.1 Å². The Hall–Kier alpha value is -4.32. The molecule has 5 aromatic rings. The van der Waals surface area contributed by atoms with Crippen LogP contribution in [-0.4, -0.2) is 15.9 Å². The molecule has 0 aliphatic carbocycles. The molecule has 0 saturated carbocycles. The smallest absolute Gasteiger partial charge is 0.244 e. The molecule has 0 aliphatic rings. The number of nitrogens with one attached hydrogen (secondary N) is 2. The van der Waals surface area contributed by atoms with E-state index >= 15 is 0 Å². The lowest BCUT2D eigenvalue weighted by Gasteiger charge is -2.08. The van der Waals surface area contributed by atoms with Gasteiger partial charge in [-0.1, -0.05) is 42.5 Å². The molecule has 3 aromatic carbocycles. The molecule has 0 unspecified atom stereocenters. The third kappa shape index (κ3) is 4.36. The summed E-state index contributed by atoms with van der Waals surface area (Å²) in [6.45, 7) is 0.199. The monoisotopic (exact) mass is 439 g/mol. The number of aromatic amines is 1. The first kappa shape index (κ1) is 20.6. The van der Waals surface area contributed by atoms with Crippen molar-refractivity contribution in [3.05, 3.63) is 108 Å². The molecule has 33 heavy (non-hydrogen) atoms. The Bertz CT molecular complexity index is 1500. The van der Waals surface area contributed by atoms with Gasteiger partial charge in [0.15, 0.2) is 0 Å². The van der Waals surface area contributed by atoms with E-state index in [2.05, 4.69) is 10.3 Å². The molecule has 0 saturated heterocycles. The number of carbonyl (C=O) groups is 1. The van der Waals surface area contributed by atoms with E-state index < -0.39 is 0 Å². The van der Waals surface area contributed by atoms with Gasteiger partial charge >= 0.3 is 0 Å². The molecular formula is C27H19F2N3O. The second kappa shape index (κ2) is 8.67. The highest BCUT2D eigenvalue weighted by atomic mass is 19.1. The zero-order valence-electron chi connectivity index (χ0n) is 17.5. The van der Waals surface area contributed by atoms with Gasteiger partial charge < -0.3 is 10.3 Å². The zero-order valence-corrected chi connectivity index (χ0v) is 17.5. The SMILES string of the molecule is O=C(/C=C/c1ccc(F)cc1)NCc1cc2c([nH]c3ccccc32)c(-c2cccc(F)c2)n1. The molecule has 2 heterocycles. The highest BCUT2D eigenvalue weighted by Gasteiger charge is 2.14. The Morgan fingerprint density at radius 2 is 1.73 bits per heavy atom. The summed E-state index contributed by atoms with van der Waals surface area (Å²) in [5, 5.41) is 4.80. The lowest BCUT2D eigenvalue weighted by molar-refractivity contribution is -0.116. The van der Waals surface area contributed by atoms with Crippen LogP contribution in [0, 0.1) is 11.6 Å². The van der Waals surface area contributed by atoms with E-state index in [1.54, 1.807) is 24.3 Å². The molecule has 0 aliphatic heterocycles. The van der Waals surface area contributed by atoms with Crippen LogP contribution in [-0.2, 0) is 11.3 Å². The van der Waals surface area contributed by atoms with Crippen LogP contribution >= 0.6 is 0 Å². The van der Waals surface area contributed by atoms with Gasteiger partial charge in [0.2, 0.25) is 5.91 Å². The van der Waals surface area contributed by atoms with E-state index in [1.165, 1.54) is 30.3 Å². The van der Waals surface area contributed by atoms with Gasteiger partial charge in [-0.2, -0.15) is 0 Å². The second-order valence-electron chi connectivity index (χ2n) is 7.67. The van der Waals surface area contributed by atoms with E-state index in [1.807, 2.05) is 36.4 Å². The molecule has 0 bridgehead atoms. The molecular weight excluding hydrogens is 420 g/mol. The Kier molecular flexibility index (Phi) is 5.40. The summed E-state index contributed by atoms with van der Waals surface area (Å²) < 4.78 is 27.0. The van der Waals surface area contributed by atoms with Gasteiger partial charge in [-0.05, 0) is 48.0 Å². The molecule has 0 fully saturated rings. The van der Waals surface area contributed by atoms with Crippen molar-refractivity contribution in [3.8, 4) is 11.3 Å². The van der Waals surface area contributed by atoms with Crippen LogP contribution < -0.4 is 5.32 Å². The van der Waals surface area contributed by atoms with Crippen LogP contribution in [0.4, 0.5) is 8.78 Å². The summed E-state index contributed by atoms with van der Waals surface area (Å²) in [4.78, 5) is 20.4. The van der Waals surface area contributed by atoms with Crippen molar-refractivity contribution in [2.75, 3.05) is 0 Å². The number of pyridine rings is 1. The fraction of sp³-hybridized carbons (Fsp3) is 0.0370. The lowest BCUT2D eigenvalue weighted by atomic mass is 10.1. The van der Waals surface area contributed by atoms with Gasteiger partial charge in [-0.3, -0.25) is 4.79 Å². The van der Waals surface area contributed by atoms with Gasteiger partial charge in [-0.25, -0.2) is 13.8 Å². The molecule has 6 heteroatoms. The van der Waals surface area contributed by atoms with Crippen LogP contribution in [0.2, 0.25) is 0 Å². The number of para-hydroxylation sites is 1. The minimum atomic E-state index is -0.344. The number of carbonyl (C=O) groups excluding carboxylic acids is 1. The first-order chi connectivity index (χ1) is 16.1. The number of fused-ring (bicyclic) bond motifs is 3. The standard InChI is InChI=1S/C27H19F2N3O/c28-19-11-8-17(9-12-19)10-13-25(33)30-16-21-15-23-22-6-1-2-7-24(22)32-27(23)26(31-21)18-4-3-5-20(29)14-18/h1-15,32H,16H2,(H,30,33)/b13-10+. The minimum absolute atomic E-state index is 0.199. The zero-order chi connectivity index (χ0) is 22.8. The average molecular weight is 439 g/mol. The van der Waals surface area contributed by atoms with Crippen molar-refractivity contribution in [1.29, 1.82) is 0 Å². The Morgan fingerprint density at radius 1 is 0.909 bits per heavy atom. The molecule has 4 nitrogen and oxygen atoms in total. The van der Waals surface area contributed by atoms with Gasteiger partial charge in [-0.15, -0.1) is 0 Å². The van der Waals surface area contributed by atoms with Crippen molar-refractivity contribution in [3.63, 3.8) is 0 Å². The Balaban J connectivity index is 1.47. The molecule has 0 atom stereocenters. The van der Waals surface area contributed by atoms with Gasteiger partial charge in [0.1, 0.15) is 11.6 Å². The highest BCUT2D eigenvalue weighted by Crippen LogP contribution is 2.32. The van der Waals surface area contributed by atoms with Crippen LogP contribution in [0.25, 0.3) is 39.1 Å². The van der Waals surface area contributed by atoms with Crippen molar-refractivity contribution >= 4 is 33.8 Å². The van der Waals surface area contributed by atoms with Crippen LogP contribution in [0.3, 0.4) is 0 Å². The number of aromatic nitrogens is 2. The quantitative estimate of drug-likeness (QED) is 0.331. The van der Waals surface area contributed by atoms with Crippen molar-refractivity contribution in [1.82, 2.24) is 15.3 Å². The maximum absolute atomic E-state index is 13.9. The lowest BCUT2D eigenvalue weighted by Crippen LogP contribution is -2.21. The molecule has 1 amide bonds. The predicted molar refractivity (Wildman–Crippen MR) is 126 cm³/mol. The van der Waals surface area contributed by atoms with Crippen LogP contribution in [0.5, 0.6) is 0 Å². The van der Waals surface area contributed by atoms with Crippen LogP contribution in [0.1, 0.15) is 11.3 Å². The van der Waals surface area contributed by atoms with Crippen molar-refractivity contribution in [2.24, 2.45) is 0 Å². The molecule has 2 N–H and O–H groups in total. The van der Waals surface area contributed by atoms with E-state index in [9.17, 15) is 13.6 Å². The van der Waals surface area contributed by atoms with Crippen molar-refractivity contribution < 1.29 is 13.6 Å². The third-order valence-electron chi connectivity index (χ3n) is 5.39. The van der Waals surface area contributed by atoms with E-state index in [0.29, 0.717) is 17.0 Å². The number of hydrogen-bond acceptors (Lipinski definition) is 2. The van der Waals surface area contributed by atoms with E-state index in [0.717, 1.165) is 27.4 Å². The maximum atomic E-state index is 13.9. The highest BCUT2D eigenvalue weighted by molar-refractivity contribution is 6.11. The number of halogens is 2. The second-order valence-corrected chi connectivity index (χ2v) is 7.67. The first-order valence-corrected chi connectivity index (χ1v) is 10.4. The molecule has 0 spiro atoms. The largest absolute Gasteiger partial charge is 0.353 e. The van der Waals surface area contributed by atoms with Gasteiger partial charge in [0.25, 0.3) is 0 Å². The number of H-pyrrole nitrogens is 1. The fourth-order valence-corrected chi connectivity index (χ4v) is 3.82. The Labute approximate surface area is 188 Å². The van der Waals surface area contributed by atoms with E-state index in [4.69, 9.17) is 4.98 Å². The number of benzene rings is 3. The molecule has 0 radical (unpaired) electrons. The number of nitrogens with zero attached hydrogens (tertiary/aromatic N) is 1. The normalized spacial score (nSPS) is 11.5. The maximum Gasteiger partial charge on any atom is 0.244 e. The average Bonchev–Trinajstić information content (AvgIpc) is 3.20. The number of amides is 1. The van der Waals surface area contributed by atoms with Gasteiger partial charge in [0.05, 0.1) is 23.4 Å². The molecule has 2 aromatic heterocycles. The number of hydrogen-bond donors (Lipinski definition) is 2. The van der Waals surface area contributed by atoms with Crippen LogP contribution in [0.15, 0.2) is 84.9 Å². The first-order valence-electron chi connectivity index (χ1n) is 10.4. The van der Waals surface area contributed by atoms with Crippen molar-refractivity contribution in [2.45, 2.75) is 6.54 Å². The summed E-state index contributed by atoms with van der Waals surface area (Å²) in [7, 11) is 0. The fourth-order valence-electron chi connectivity index (χ4n) is 3.82. The number of rotatable bonds is 5. The Morgan fingerprint density at radius 3 is 2.55 bits per heavy atom. The summed E-state index contributed by atoms with van der Waals surface area (Å²) in [5.74, 6) is -0.972. The summed E-state index contributed by atoms with van der Waals surface area (Å²) in [6.07, 6.45) is 3.01. The minimum Gasteiger partial charge on any atom is -0.353 e. The topological polar surface area (TPSA) is 57.8 Å². The molecule has 162 valence electrons. The van der Waals surface area contributed by atoms with Gasteiger partial charge in [0, 0.05) is 27.9 Å². The summed E-state index contributed by atoms with van der Waals surface area (Å²) in [5.41, 5.74) is 4.40. The summed E-state index contributed by atoms with van der Waals surface area (Å²) >= 11 is 0. The third-order valence-corrected chi connectivity index (χ3v) is 5.39. The molecule has 5 rings (SSSR count).